The topological polar surface area (TPSA) is 86.3 Å². The van der Waals surface area contributed by atoms with Gasteiger partial charge in [0.2, 0.25) is 5.88 Å². The fraction of sp³-hybridized carbons (Fsp3) is 0.389. The van der Waals surface area contributed by atoms with Crippen molar-refractivity contribution < 1.29 is 4.74 Å². The van der Waals surface area contributed by atoms with Gasteiger partial charge in [0.05, 0.1) is 17.8 Å². The first-order valence-electron chi connectivity index (χ1n) is 9.06. The van der Waals surface area contributed by atoms with E-state index in [1.54, 1.807) is 15.4 Å². The quantitative estimate of drug-likeness (QED) is 0.547. The summed E-state index contributed by atoms with van der Waals surface area (Å²) in [6.45, 7) is 3.67. The number of ether oxygens (including phenoxy) is 1. The van der Waals surface area contributed by atoms with Crippen molar-refractivity contribution in [1.82, 2.24) is 34.3 Å². The number of anilines is 1. The predicted octanol–water partition coefficient (Wildman–Crippen LogP) is 1.76. The Balaban J connectivity index is 1.31. The second-order valence-electron chi connectivity index (χ2n) is 6.80. The molecule has 0 spiro atoms. The van der Waals surface area contributed by atoms with Gasteiger partial charge in [-0.15, -0.1) is 0 Å². The molecule has 0 saturated carbocycles. The second kappa shape index (κ2) is 6.19. The van der Waals surface area contributed by atoms with Crippen LogP contribution in [0, 0.1) is 6.92 Å². The van der Waals surface area contributed by atoms with Gasteiger partial charge < -0.3 is 9.64 Å². The van der Waals surface area contributed by atoms with Crippen LogP contribution in [0.1, 0.15) is 18.7 Å². The first kappa shape index (κ1) is 16.0. The minimum atomic E-state index is 0.145. The van der Waals surface area contributed by atoms with Crippen LogP contribution in [0.2, 0.25) is 0 Å². The van der Waals surface area contributed by atoms with E-state index in [0.717, 1.165) is 54.3 Å². The molecule has 0 amide bonds. The molecule has 27 heavy (non-hydrogen) atoms. The lowest BCUT2D eigenvalue weighted by Crippen LogP contribution is -2.39. The smallest absolute Gasteiger partial charge is 0.217 e. The molecule has 1 aliphatic heterocycles. The molecule has 0 radical (unpaired) electrons. The zero-order chi connectivity index (χ0) is 18.4. The van der Waals surface area contributed by atoms with Gasteiger partial charge in [0, 0.05) is 51.3 Å². The van der Waals surface area contributed by atoms with E-state index in [2.05, 4.69) is 30.0 Å². The number of hydrogen-bond acceptors (Lipinski definition) is 7. The molecule has 0 unspecified atom stereocenters. The molecular formula is C18H20N8O. The van der Waals surface area contributed by atoms with Crippen LogP contribution in [0.25, 0.3) is 16.7 Å². The van der Waals surface area contributed by atoms with Crippen LogP contribution in [0.15, 0.2) is 30.7 Å². The van der Waals surface area contributed by atoms with Crippen LogP contribution in [-0.2, 0) is 7.05 Å². The Hall–Kier alpha value is -3.23. The first-order chi connectivity index (χ1) is 13.2. The highest BCUT2D eigenvalue weighted by Crippen LogP contribution is 2.27. The van der Waals surface area contributed by atoms with Crippen molar-refractivity contribution in [2.75, 3.05) is 18.0 Å². The van der Waals surface area contributed by atoms with Crippen molar-refractivity contribution in [1.29, 1.82) is 0 Å². The van der Waals surface area contributed by atoms with Gasteiger partial charge in [-0.05, 0) is 6.92 Å². The Labute approximate surface area is 155 Å². The predicted molar refractivity (Wildman–Crippen MR) is 99.9 cm³/mol. The lowest BCUT2D eigenvalue weighted by atomic mass is 10.1. The van der Waals surface area contributed by atoms with Crippen LogP contribution in [0.4, 0.5) is 5.82 Å². The number of nitrogens with zero attached hydrogens (tertiary/aromatic N) is 8. The van der Waals surface area contributed by atoms with Crippen LogP contribution >= 0.6 is 0 Å². The van der Waals surface area contributed by atoms with Gasteiger partial charge in [-0.25, -0.2) is 14.5 Å². The standard InChI is InChI=1S/C18H20N8O/c1-12-21-17-14(11-20-24(17)2)18(22-12)25-8-4-13(5-9-25)27-16-6-10-26-15(23-16)3-7-19-26/h3,6-7,10-11,13H,4-5,8-9H2,1-2H3. The Kier molecular flexibility index (Phi) is 3.66. The number of piperidine rings is 1. The fourth-order valence-electron chi connectivity index (χ4n) is 3.57. The summed E-state index contributed by atoms with van der Waals surface area (Å²) in [5, 5.41) is 9.48. The van der Waals surface area contributed by atoms with E-state index in [0.29, 0.717) is 5.88 Å². The van der Waals surface area contributed by atoms with E-state index in [1.165, 1.54) is 0 Å². The molecule has 0 atom stereocenters. The largest absolute Gasteiger partial charge is 0.474 e. The molecule has 5 rings (SSSR count). The van der Waals surface area contributed by atoms with E-state index in [9.17, 15) is 0 Å². The van der Waals surface area contributed by atoms with Crippen LogP contribution in [-0.4, -0.2) is 53.5 Å². The zero-order valence-corrected chi connectivity index (χ0v) is 15.3. The molecule has 1 aliphatic rings. The summed E-state index contributed by atoms with van der Waals surface area (Å²) in [6, 6.07) is 3.73. The van der Waals surface area contributed by atoms with Crippen LogP contribution in [0.5, 0.6) is 5.88 Å². The summed E-state index contributed by atoms with van der Waals surface area (Å²) in [5.74, 6) is 2.37. The lowest BCUT2D eigenvalue weighted by molar-refractivity contribution is 0.164. The van der Waals surface area contributed by atoms with E-state index in [4.69, 9.17) is 4.74 Å². The molecule has 4 aromatic heterocycles. The summed E-state index contributed by atoms with van der Waals surface area (Å²) < 4.78 is 9.63. The minimum Gasteiger partial charge on any atom is -0.474 e. The number of rotatable bonds is 3. The van der Waals surface area contributed by atoms with E-state index in [1.807, 2.05) is 38.5 Å². The SMILES string of the molecule is Cc1nc(N2CCC(Oc3ccn4nccc4n3)CC2)c2cnn(C)c2n1. The number of aromatic nitrogens is 7. The van der Waals surface area contributed by atoms with Crippen molar-refractivity contribution in [2.45, 2.75) is 25.9 Å². The van der Waals surface area contributed by atoms with Crippen LogP contribution in [0.3, 0.4) is 0 Å². The van der Waals surface area contributed by atoms with Crippen molar-refractivity contribution >= 4 is 22.5 Å². The molecule has 4 aromatic rings. The highest BCUT2D eigenvalue weighted by atomic mass is 16.5. The molecule has 1 fully saturated rings. The molecular weight excluding hydrogens is 344 g/mol. The molecule has 9 nitrogen and oxygen atoms in total. The summed E-state index contributed by atoms with van der Waals surface area (Å²) >= 11 is 0. The Morgan fingerprint density at radius 3 is 2.78 bits per heavy atom. The van der Waals surface area contributed by atoms with Gasteiger partial charge in [0.1, 0.15) is 17.7 Å². The molecule has 0 N–H and O–H groups in total. The Morgan fingerprint density at radius 1 is 1.07 bits per heavy atom. The van der Waals surface area contributed by atoms with Gasteiger partial charge in [-0.3, -0.25) is 4.68 Å². The lowest BCUT2D eigenvalue weighted by Gasteiger charge is -2.33. The minimum absolute atomic E-state index is 0.145. The van der Waals surface area contributed by atoms with Gasteiger partial charge in [-0.2, -0.15) is 15.2 Å². The van der Waals surface area contributed by atoms with Gasteiger partial charge in [0.15, 0.2) is 11.3 Å². The van der Waals surface area contributed by atoms with E-state index < -0.39 is 0 Å². The normalized spacial score (nSPS) is 15.7. The zero-order valence-electron chi connectivity index (χ0n) is 15.3. The molecule has 0 aromatic carbocycles. The van der Waals surface area contributed by atoms with Crippen molar-refractivity contribution in [3.8, 4) is 5.88 Å². The number of hydrogen-bond donors (Lipinski definition) is 0. The maximum atomic E-state index is 6.10. The maximum Gasteiger partial charge on any atom is 0.217 e. The van der Waals surface area contributed by atoms with Crippen molar-refractivity contribution in [3.63, 3.8) is 0 Å². The van der Waals surface area contributed by atoms with Crippen LogP contribution < -0.4 is 9.64 Å². The van der Waals surface area contributed by atoms with Gasteiger partial charge >= 0.3 is 0 Å². The van der Waals surface area contributed by atoms with Crippen molar-refractivity contribution in [2.24, 2.45) is 7.05 Å². The molecule has 5 heterocycles. The number of fused-ring (bicyclic) bond motifs is 2. The summed E-state index contributed by atoms with van der Waals surface area (Å²) in [7, 11) is 1.91. The highest BCUT2D eigenvalue weighted by Gasteiger charge is 2.24. The average Bonchev–Trinajstić information content (AvgIpc) is 3.28. The van der Waals surface area contributed by atoms with E-state index >= 15 is 0 Å². The Morgan fingerprint density at radius 2 is 1.93 bits per heavy atom. The third kappa shape index (κ3) is 2.84. The third-order valence-electron chi connectivity index (χ3n) is 4.95. The first-order valence-corrected chi connectivity index (χ1v) is 9.06. The molecule has 0 bridgehead atoms. The molecule has 9 heteroatoms. The summed E-state index contributed by atoms with van der Waals surface area (Å²) in [5.41, 5.74) is 1.66. The monoisotopic (exact) mass is 364 g/mol. The van der Waals surface area contributed by atoms with Gasteiger partial charge in [0.25, 0.3) is 0 Å². The molecule has 1 saturated heterocycles. The molecule has 138 valence electrons. The third-order valence-corrected chi connectivity index (χ3v) is 4.95. The summed E-state index contributed by atoms with van der Waals surface area (Å²) in [6.07, 6.45) is 7.42. The fourth-order valence-corrected chi connectivity index (χ4v) is 3.57. The van der Waals surface area contributed by atoms with Gasteiger partial charge in [-0.1, -0.05) is 0 Å². The van der Waals surface area contributed by atoms with Crippen molar-refractivity contribution in [3.05, 3.63) is 36.5 Å². The van der Waals surface area contributed by atoms with E-state index in [-0.39, 0.29) is 6.10 Å². The number of aryl methyl sites for hydroxylation is 2. The second-order valence-corrected chi connectivity index (χ2v) is 6.80. The molecule has 0 aliphatic carbocycles. The maximum absolute atomic E-state index is 6.10. The highest BCUT2D eigenvalue weighted by molar-refractivity contribution is 5.87. The average molecular weight is 364 g/mol. The summed E-state index contributed by atoms with van der Waals surface area (Å²) in [4.78, 5) is 16.0. The Bertz CT molecular complexity index is 1110.